The lowest BCUT2D eigenvalue weighted by Gasteiger charge is -2.24. The topological polar surface area (TPSA) is 115 Å². The zero-order chi connectivity index (χ0) is 29.1. The number of furan rings is 1. The van der Waals surface area contributed by atoms with Crippen LogP contribution >= 0.6 is 0 Å². The fourth-order valence-electron chi connectivity index (χ4n) is 4.88. The van der Waals surface area contributed by atoms with Gasteiger partial charge in [0.05, 0.1) is 12.1 Å². The van der Waals surface area contributed by atoms with Crippen LogP contribution in [0.5, 0.6) is 0 Å². The Morgan fingerprint density at radius 1 is 0.902 bits per heavy atom. The summed E-state index contributed by atoms with van der Waals surface area (Å²) in [5.41, 5.74) is 2.23. The van der Waals surface area contributed by atoms with Gasteiger partial charge in [0, 0.05) is 6.54 Å². The molecule has 1 amide bonds. The molecule has 0 bridgehead atoms. The summed E-state index contributed by atoms with van der Waals surface area (Å²) in [5, 5.41) is 30.8. The van der Waals surface area contributed by atoms with Gasteiger partial charge in [-0.05, 0) is 70.6 Å². The standard InChI is InChI=1S/C34H28N2O5/c1-22-10-13-25-6-3-4-9-30(25)31(22)32(37)36(21-29-17-16-28(19-35)41-29)20-23-11-14-24(15-12-23)26-7-5-8-27(18-26)34(2,40)33(38)39/h3-18,40H,20-21H2,1-2H3,(H,38,39). The quantitative estimate of drug-likeness (QED) is 0.233. The van der Waals surface area contributed by atoms with E-state index in [1.807, 2.05) is 79.7 Å². The molecule has 0 aliphatic carbocycles. The summed E-state index contributed by atoms with van der Waals surface area (Å²) in [6, 6.07) is 31.4. The second kappa shape index (κ2) is 11.1. The van der Waals surface area contributed by atoms with Crippen LogP contribution in [0.3, 0.4) is 0 Å². The molecule has 4 aromatic carbocycles. The largest absolute Gasteiger partial charge is 0.479 e. The van der Waals surface area contributed by atoms with Gasteiger partial charge in [0.25, 0.3) is 5.91 Å². The smallest absolute Gasteiger partial charge is 0.340 e. The van der Waals surface area contributed by atoms with Crippen LogP contribution in [0.2, 0.25) is 0 Å². The van der Waals surface area contributed by atoms with Crippen molar-refractivity contribution in [2.45, 2.75) is 32.5 Å². The molecule has 7 nitrogen and oxygen atoms in total. The molecule has 204 valence electrons. The monoisotopic (exact) mass is 544 g/mol. The number of carbonyl (C=O) groups excluding carboxylic acids is 1. The Bertz CT molecular complexity index is 1790. The molecule has 2 N–H and O–H groups in total. The van der Waals surface area contributed by atoms with Crippen molar-refractivity contribution in [2.75, 3.05) is 0 Å². The first-order valence-corrected chi connectivity index (χ1v) is 13.1. The van der Waals surface area contributed by atoms with Gasteiger partial charge in [-0.3, -0.25) is 4.79 Å². The fraction of sp³-hybridized carbons (Fsp3) is 0.147. The summed E-state index contributed by atoms with van der Waals surface area (Å²) in [6.07, 6.45) is 0. The van der Waals surface area contributed by atoms with Gasteiger partial charge >= 0.3 is 5.97 Å². The number of nitrogens with zero attached hydrogens (tertiary/aromatic N) is 2. The van der Waals surface area contributed by atoms with Gasteiger partial charge in [-0.2, -0.15) is 5.26 Å². The molecule has 1 aromatic heterocycles. The SMILES string of the molecule is Cc1ccc2ccccc2c1C(=O)N(Cc1ccc(-c2cccc(C(C)(O)C(=O)O)c2)cc1)Cc1ccc(C#N)o1. The normalized spacial score (nSPS) is 12.4. The molecule has 0 aliphatic rings. The van der Waals surface area contributed by atoms with Gasteiger partial charge in [0.15, 0.2) is 5.60 Å². The molecular weight excluding hydrogens is 516 g/mol. The molecule has 0 fully saturated rings. The van der Waals surface area contributed by atoms with Crippen LogP contribution in [0.1, 0.15) is 45.5 Å². The van der Waals surface area contributed by atoms with Gasteiger partial charge in [0.1, 0.15) is 11.8 Å². The van der Waals surface area contributed by atoms with E-state index in [2.05, 4.69) is 0 Å². The van der Waals surface area contributed by atoms with Crippen molar-refractivity contribution < 1.29 is 24.2 Å². The Balaban J connectivity index is 1.47. The van der Waals surface area contributed by atoms with Crippen LogP contribution in [0.25, 0.3) is 21.9 Å². The summed E-state index contributed by atoms with van der Waals surface area (Å²) < 4.78 is 5.62. The van der Waals surface area contributed by atoms with E-state index >= 15 is 0 Å². The number of hydrogen-bond donors (Lipinski definition) is 2. The maximum Gasteiger partial charge on any atom is 0.340 e. The first-order valence-electron chi connectivity index (χ1n) is 13.1. The first kappa shape index (κ1) is 27.4. The molecule has 0 saturated carbocycles. The lowest BCUT2D eigenvalue weighted by atomic mass is 9.92. The first-order chi connectivity index (χ1) is 19.7. The molecule has 1 heterocycles. The Labute approximate surface area is 237 Å². The third-order valence-corrected chi connectivity index (χ3v) is 7.26. The highest BCUT2D eigenvalue weighted by atomic mass is 16.4. The Morgan fingerprint density at radius 3 is 2.37 bits per heavy atom. The molecule has 0 spiro atoms. The van der Waals surface area contributed by atoms with E-state index in [-0.39, 0.29) is 30.3 Å². The number of hydrogen-bond acceptors (Lipinski definition) is 5. The number of carbonyl (C=O) groups is 2. The van der Waals surface area contributed by atoms with Crippen molar-refractivity contribution >= 4 is 22.6 Å². The Hall–Kier alpha value is -5.19. The number of amides is 1. The van der Waals surface area contributed by atoms with Crippen LogP contribution < -0.4 is 0 Å². The molecular formula is C34H28N2O5. The number of rotatable bonds is 8. The third-order valence-electron chi connectivity index (χ3n) is 7.26. The predicted molar refractivity (Wildman–Crippen MR) is 155 cm³/mol. The van der Waals surface area contributed by atoms with E-state index in [1.165, 1.54) is 6.92 Å². The minimum atomic E-state index is -2.01. The van der Waals surface area contributed by atoms with Crippen molar-refractivity contribution in [3.63, 3.8) is 0 Å². The molecule has 0 radical (unpaired) electrons. The lowest BCUT2D eigenvalue weighted by Crippen LogP contribution is -2.31. The molecule has 41 heavy (non-hydrogen) atoms. The zero-order valence-corrected chi connectivity index (χ0v) is 22.7. The molecule has 1 atom stereocenters. The Morgan fingerprint density at radius 2 is 1.66 bits per heavy atom. The number of carboxylic acid groups (broad SMARTS) is 1. The fourth-order valence-corrected chi connectivity index (χ4v) is 4.88. The van der Waals surface area contributed by atoms with Crippen LogP contribution in [0, 0.1) is 18.3 Å². The van der Waals surface area contributed by atoms with Gasteiger partial charge in [-0.15, -0.1) is 0 Å². The van der Waals surface area contributed by atoms with Crippen LogP contribution in [0.15, 0.2) is 101 Å². The zero-order valence-electron chi connectivity index (χ0n) is 22.7. The van der Waals surface area contributed by atoms with Crippen LogP contribution in [-0.4, -0.2) is 27.0 Å². The number of aryl methyl sites for hydroxylation is 1. The van der Waals surface area contributed by atoms with Crippen molar-refractivity contribution in [3.05, 3.63) is 131 Å². The molecule has 5 aromatic rings. The minimum absolute atomic E-state index is 0.151. The van der Waals surface area contributed by atoms with E-state index in [0.717, 1.165) is 33.0 Å². The van der Waals surface area contributed by atoms with E-state index in [4.69, 9.17) is 4.42 Å². The van der Waals surface area contributed by atoms with Crippen molar-refractivity contribution in [2.24, 2.45) is 0 Å². The number of benzene rings is 4. The van der Waals surface area contributed by atoms with Crippen molar-refractivity contribution in [1.29, 1.82) is 5.26 Å². The number of fused-ring (bicyclic) bond motifs is 1. The van der Waals surface area contributed by atoms with E-state index in [1.54, 1.807) is 35.2 Å². The van der Waals surface area contributed by atoms with Crippen LogP contribution in [-0.2, 0) is 23.5 Å². The average Bonchev–Trinajstić information content (AvgIpc) is 3.44. The second-order valence-corrected chi connectivity index (χ2v) is 10.2. The van der Waals surface area contributed by atoms with E-state index in [9.17, 15) is 25.1 Å². The predicted octanol–water partition coefficient (Wildman–Crippen LogP) is 6.41. The second-order valence-electron chi connectivity index (χ2n) is 10.2. The summed E-state index contributed by atoms with van der Waals surface area (Å²) in [7, 11) is 0. The number of carboxylic acids is 1. The molecule has 7 heteroatoms. The molecule has 0 aliphatic heterocycles. The number of aliphatic carboxylic acids is 1. The maximum atomic E-state index is 14.1. The molecule has 0 saturated heterocycles. The molecule has 5 rings (SSSR count). The summed E-state index contributed by atoms with van der Waals surface area (Å²) in [5.74, 6) is -0.787. The van der Waals surface area contributed by atoms with E-state index < -0.39 is 11.6 Å². The third kappa shape index (κ3) is 5.60. The summed E-state index contributed by atoms with van der Waals surface area (Å²) >= 11 is 0. The summed E-state index contributed by atoms with van der Waals surface area (Å²) in [6.45, 7) is 3.64. The lowest BCUT2D eigenvalue weighted by molar-refractivity contribution is -0.157. The van der Waals surface area contributed by atoms with Gasteiger partial charge in [0.2, 0.25) is 5.76 Å². The highest BCUT2D eigenvalue weighted by Crippen LogP contribution is 2.29. The van der Waals surface area contributed by atoms with Crippen LogP contribution in [0.4, 0.5) is 0 Å². The highest BCUT2D eigenvalue weighted by Gasteiger charge is 2.32. The van der Waals surface area contributed by atoms with Gasteiger partial charge in [-0.1, -0.05) is 78.9 Å². The number of nitriles is 1. The van der Waals surface area contributed by atoms with Gasteiger partial charge < -0.3 is 19.5 Å². The Kier molecular flexibility index (Phi) is 7.43. The van der Waals surface area contributed by atoms with E-state index in [0.29, 0.717) is 11.3 Å². The number of aliphatic hydroxyl groups is 1. The van der Waals surface area contributed by atoms with Crippen molar-refractivity contribution in [1.82, 2.24) is 4.90 Å². The maximum absolute atomic E-state index is 14.1. The summed E-state index contributed by atoms with van der Waals surface area (Å²) in [4.78, 5) is 27.3. The van der Waals surface area contributed by atoms with Crippen molar-refractivity contribution in [3.8, 4) is 17.2 Å². The average molecular weight is 545 g/mol. The molecule has 1 unspecified atom stereocenters. The highest BCUT2D eigenvalue weighted by molar-refractivity contribution is 6.08. The minimum Gasteiger partial charge on any atom is -0.479 e. The van der Waals surface area contributed by atoms with Gasteiger partial charge in [-0.25, -0.2) is 4.79 Å².